The zero-order valence-corrected chi connectivity index (χ0v) is 11.6. The number of amides is 1. The third-order valence-corrected chi connectivity index (χ3v) is 4.24. The molecule has 1 aromatic heterocycles. The van der Waals surface area contributed by atoms with E-state index in [1.165, 1.54) is 12.8 Å². The summed E-state index contributed by atoms with van der Waals surface area (Å²) in [6.45, 7) is 3.03. The third kappa shape index (κ3) is 3.53. The monoisotopic (exact) mass is 267 g/mol. The smallest absolute Gasteiger partial charge is 0.237 e. The van der Waals surface area contributed by atoms with Crippen molar-refractivity contribution in [2.24, 2.45) is 0 Å². The maximum atomic E-state index is 12.2. The number of aromatic nitrogens is 1. The molecule has 1 amide bonds. The van der Waals surface area contributed by atoms with Crippen LogP contribution < -0.4 is 10.6 Å². The van der Waals surface area contributed by atoms with Gasteiger partial charge >= 0.3 is 0 Å². The Kier molecular flexibility index (Phi) is 5.13. The average Bonchev–Trinajstić information content (AvgIpc) is 2.77. The van der Waals surface area contributed by atoms with Crippen molar-refractivity contribution in [3.63, 3.8) is 0 Å². The van der Waals surface area contributed by atoms with Gasteiger partial charge in [-0.25, -0.2) is 4.98 Å². The zero-order chi connectivity index (χ0) is 12.8. The number of rotatable bonds is 4. The van der Waals surface area contributed by atoms with Crippen molar-refractivity contribution in [1.82, 2.24) is 15.6 Å². The molecule has 0 aliphatic carbocycles. The van der Waals surface area contributed by atoms with Crippen LogP contribution >= 0.6 is 11.3 Å². The molecule has 1 fully saturated rings. The second-order valence-corrected chi connectivity index (χ2v) is 5.62. The van der Waals surface area contributed by atoms with Crippen LogP contribution in [0.3, 0.4) is 0 Å². The van der Waals surface area contributed by atoms with Crippen LogP contribution in [0.2, 0.25) is 0 Å². The normalized spacial score (nSPS) is 22.2. The average molecular weight is 267 g/mol. The van der Waals surface area contributed by atoms with Crippen molar-refractivity contribution in [2.75, 3.05) is 6.54 Å². The number of nitrogens with one attached hydrogen (secondary N) is 2. The summed E-state index contributed by atoms with van der Waals surface area (Å²) in [5, 5.41) is 9.39. The van der Waals surface area contributed by atoms with Crippen molar-refractivity contribution in [3.8, 4) is 0 Å². The van der Waals surface area contributed by atoms with E-state index >= 15 is 0 Å². The van der Waals surface area contributed by atoms with E-state index in [1.807, 2.05) is 5.38 Å². The number of carbonyl (C=O) groups is 1. The van der Waals surface area contributed by atoms with Gasteiger partial charge in [-0.3, -0.25) is 4.79 Å². The molecule has 18 heavy (non-hydrogen) atoms. The number of nitrogens with zero attached hydrogens (tertiary/aromatic N) is 1. The molecule has 0 aromatic carbocycles. The summed E-state index contributed by atoms with van der Waals surface area (Å²) in [6.07, 6.45) is 7.15. The number of hydrogen-bond donors (Lipinski definition) is 2. The highest BCUT2D eigenvalue weighted by molar-refractivity contribution is 7.09. The lowest BCUT2D eigenvalue weighted by Gasteiger charge is -2.20. The van der Waals surface area contributed by atoms with E-state index in [9.17, 15) is 4.79 Å². The van der Waals surface area contributed by atoms with Gasteiger partial charge in [-0.15, -0.1) is 11.3 Å². The van der Waals surface area contributed by atoms with E-state index in [0.29, 0.717) is 0 Å². The van der Waals surface area contributed by atoms with Crippen LogP contribution in [0.5, 0.6) is 0 Å². The Morgan fingerprint density at radius 3 is 3.22 bits per heavy atom. The highest BCUT2D eigenvalue weighted by Crippen LogP contribution is 2.19. The van der Waals surface area contributed by atoms with E-state index in [1.54, 1.807) is 17.5 Å². The van der Waals surface area contributed by atoms with Gasteiger partial charge in [-0.2, -0.15) is 0 Å². The SMILES string of the molecule is CCC(NC(=O)C1CCCCCN1)c1nccs1. The molecule has 0 radical (unpaired) electrons. The highest BCUT2D eigenvalue weighted by Gasteiger charge is 2.22. The fourth-order valence-electron chi connectivity index (χ4n) is 2.27. The van der Waals surface area contributed by atoms with Crippen LogP contribution in [0, 0.1) is 0 Å². The van der Waals surface area contributed by atoms with Crippen LogP contribution in [0.25, 0.3) is 0 Å². The molecule has 2 atom stereocenters. The van der Waals surface area contributed by atoms with Crippen LogP contribution in [0.1, 0.15) is 50.1 Å². The molecular weight excluding hydrogens is 246 g/mol. The number of carbonyl (C=O) groups excluding carboxylic acids is 1. The van der Waals surface area contributed by atoms with Crippen molar-refractivity contribution in [1.29, 1.82) is 0 Å². The van der Waals surface area contributed by atoms with Crippen molar-refractivity contribution >= 4 is 17.2 Å². The minimum absolute atomic E-state index is 0.0264. The second-order valence-electron chi connectivity index (χ2n) is 4.70. The van der Waals surface area contributed by atoms with Crippen molar-refractivity contribution < 1.29 is 4.79 Å². The maximum Gasteiger partial charge on any atom is 0.237 e. The molecule has 2 rings (SSSR count). The van der Waals surface area contributed by atoms with Crippen molar-refractivity contribution in [3.05, 3.63) is 16.6 Å². The number of thiazole rings is 1. The molecule has 1 aliphatic rings. The summed E-state index contributed by atoms with van der Waals surface area (Å²) in [7, 11) is 0. The van der Waals surface area contributed by atoms with Gasteiger partial charge in [0.2, 0.25) is 5.91 Å². The summed E-state index contributed by atoms with van der Waals surface area (Å²) in [6, 6.07) is 0.0315. The first kappa shape index (κ1) is 13.5. The highest BCUT2D eigenvalue weighted by atomic mass is 32.1. The molecule has 5 heteroatoms. The van der Waals surface area contributed by atoms with E-state index in [0.717, 1.165) is 30.8 Å². The van der Waals surface area contributed by atoms with Gasteiger partial charge in [0.15, 0.2) is 0 Å². The van der Waals surface area contributed by atoms with E-state index < -0.39 is 0 Å². The fourth-order valence-corrected chi connectivity index (χ4v) is 3.04. The maximum absolute atomic E-state index is 12.2. The van der Waals surface area contributed by atoms with Crippen LogP contribution in [-0.2, 0) is 4.79 Å². The Morgan fingerprint density at radius 1 is 1.61 bits per heavy atom. The first-order chi connectivity index (χ1) is 8.81. The van der Waals surface area contributed by atoms with Gasteiger partial charge in [0, 0.05) is 11.6 Å². The van der Waals surface area contributed by atoms with Gasteiger partial charge in [0.1, 0.15) is 5.01 Å². The van der Waals surface area contributed by atoms with Gasteiger partial charge in [0.25, 0.3) is 0 Å². The minimum atomic E-state index is -0.0264. The summed E-state index contributed by atoms with van der Waals surface area (Å²) in [4.78, 5) is 16.5. The molecule has 4 nitrogen and oxygen atoms in total. The Hall–Kier alpha value is -0.940. The van der Waals surface area contributed by atoms with E-state index in [-0.39, 0.29) is 18.0 Å². The summed E-state index contributed by atoms with van der Waals surface area (Å²) in [5.74, 6) is 0.124. The first-order valence-corrected chi connectivity index (χ1v) is 7.62. The first-order valence-electron chi connectivity index (χ1n) is 6.74. The molecule has 1 aromatic rings. The molecule has 2 heterocycles. The number of hydrogen-bond acceptors (Lipinski definition) is 4. The lowest BCUT2D eigenvalue weighted by molar-refractivity contribution is -0.124. The zero-order valence-electron chi connectivity index (χ0n) is 10.8. The fraction of sp³-hybridized carbons (Fsp3) is 0.692. The molecule has 2 unspecified atom stereocenters. The third-order valence-electron chi connectivity index (χ3n) is 3.35. The van der Waals surface area contributed by atoms with Gasteiger partial charge in [-0.05, 0) is 25.8 Å². The van der Waals surface area contributed by atoms with Gasteiger partial charge in [-0.1, -0.05) is 19.8 Å². The van der Waals surface area contributed by atoms with Crippen LogP contribution in [0.15, 0.2) is 11.6 Å². The topological polar surface area (TPSA) is 54.0 Å². The van der Waals surface area contributed by atoms with E-state index in [2.05, 4.69) is 22.5 Å². The van der Waals surface area contributed by atoms with Crippen molar-refractivity contribution in [2.45, 2.75) is 51.1 Å². The molecule has 2 N–H and O–H groups in total. The molecule has 0 spiro atoms. The Labute approximate surface area is 112 Å². The van der Waals surface area contributed by atoms with Gasteiger partial charge < -0.3 is 10.6 Å². The predicted octanol–water partition coefficient (Wildman–Crippen LogP) is 2.24. The standard InChI is InChI=1S/C13H21N3OS/c1-2-10(13-15-8-9-18-13)16-12(17)11-6-4-3-5-7-14-11/h8-11,14H,2-7H2,1H3,(H,16,17). The Balaban J connectivity index is 1.92. The Morgan fingerprint density at radius 2 is 2.50 bits per heavy atom. The van der Waals surface area contributed by atoms with Crippen LogP contribution in [0.4, 0.5) is 0 Å². The molecule has 100 valence electrons. The van der Waals surface area contributed by atoms with Gasteiger partial charge in [0.05, 0.1) is 12.1 Å². The lowest BCUT2D eigenvalue weighted by Crippen LogP contribution is -2.44. The molecule has 0 bridgehead atoms. The largest absolute Gasteiger partial charge is 0.346 e. The molecule has 0 saturated carbocycles. The molecule has 1 saturated heterocycles. The molecular formula is C13H21N3OS. The quantitative estimate of drug-likeness (QED) is 0.879. The lowest BCUT2D eigenvalue weighted by atomic mass is 10.1. The Bertz CT molecular complexity index is 358. The summed E-state index contributed by atoms with van der Waals surface area (Å²) >= 11 is 1.60. The van der Waals surface area contributed by atoms with Crippen LogP contribution in [-0.4, -0.2) is 23.5 Å². The summed E-state index contributed by atoms with van der Waals surface area (Å²) in [5.41, 5.74) is 0. The molecule has 1 aliphatic heterocycles. The second kappa shape index (κ2) is 6.85. The van der Waals surface area contributed by atoms with E-state index in [4.69, 9.17) is 0 Å². The minimum Gasteiger partial charge on any atom is -0.346 e. The summed E-state index contributed by atoms with van der Waals surface area (Å²) < 4.78 is 0. The predicted molar refractivity (Wildman–Crippen MR) is 73.5 cm³/mol.